The molecule has 1 aromatic carbocycles. The molecule has 0 atom stereocenters. The zero-order valence-electron chi connectivity index (χ0n) is 9.89. The Kier molecular flexibility index (Phi) is 3.40. The highest BCUT2D eigenvalue weighted by molar-refractivity contribution is 7.89. The van der Waals surface area contributed by atoms with Crippen LogP contribution in [0.15, 0.2) is 18.2 Å². The van der Waals surface area contributed by atoms with E-state index in [9.17, 15) is 13.5 Å². The third-order valence-electron chi connectivity index (χ3n) is 3.02. The summed E-state index contributed by atoms with van der Waals surface area (Å²) in [7, 11) is -3.14. The van der Waals surface area contributed by atoms with Gasteiger partial charge in [0.1, 0.15) is 5.75 Å². The first-order valence-corrected chi connectivity index (χ1v) is 7.42. The number of sulfonamides is 1. The Hall–Kier alpha value is -1.07. The summed E-state index contributed by atoms with van der Waals surface area (Å²) in [5.41, 5.74) is 2.04. The first kappa shape index (κ1) is 12.4. The Morgan fingerprint density at radius 1 is 1.35 bits per heavy atom. The van der Waals surface area contributed by atoms with Gasteiger partial charge in [-0.05, 0) is 36.1 Å². The van der Waals surface area contributed by atoms with Gasteiger partial charge in [-0.3, -0.25) is 0 Å². The number of rotatable bonds is 3. The van der Waals surface area contributed by atoms with Crippen LogP contribution in [0, 0.1) is 0 Å². The third kappa shape index (κ3) is 2.61. The van der Waals surface area contributed by atoms with Crippen LogP contribution in [-0.4, -0.2) is 30.1 Å². The lowest BCUT2D eigenvalue weighted by Crippen LogP contribution is -2.37. The Morgan fingerprint density at radius 2 is 2.12 bits per heavy atom. The molecule has 1 aromatic rings. The number of hydrogen-bond acceptors (Lipinski definition) is 3. The molecule has 0 saturated heterocycles. The highest BCUT2D eigenvalue weighted by Gasteiger charge is 2.25. The van der Waals surface area contributed by atoms with Crippen LogP contribution < -0.4 is 0 Å². The number of phenols is 1. The topological polar surface area (TPSA) is 57.6 Å². The largest absolute Gasteiger partial charge is 0.508 e. The van der Waals surface area contributed by atoms with Crippen LogP contribution in [0.4, 0.5) is 0 Å². The minimum absolute atomic E-state index is 0.193. The van der Waals surface area contributed by atoms with E-state index < -0.39 is 10.0 Å². The predicted octanol–water partition coefficient (Wildman–Crippen LogP) is 1.49. The summed E-state index contributed by atoms with van der Waals surface area (Å²) < 4.78 is 25.4. The molecule has 1 N–H and O–H groups in total. The van der Waals surface area contributed by atoms with Crippen LogP contribution in [0.3, 0.4) is 0 Å². The Balaban J connectivity index is 2.24. The van der Waals surface area contributed by atoms with Crippen molar-refractivity contribution >= 4 is 10.0 Å². The van der Waals surface area contributed by atoms with E-state index in [-0.39, 0.29) is 11.5 Å². The van der Waals surface area contributed by atoms with E-state index in [0.717, 1.165) is 17.5 Å². The molecule has 1 aliphatic heterocycles. The average Bonchev–Trinajstić information content (AvgIpc) is 2.28. The third-order valence-corrected chi connectivity index (χ3v) is 5.05. The van der Waals surface area contributed by atoms with Crippen molar-refractivity contribution < 1.29 is 13.5 Å². The zero-order valence-corrected chi connectivity index (χ0v) is 10.7. The first-order valence-electron chi connectivity index (χ1n) is 5.81. The van der Waals surface area contributed by atoms with Crippen LogP contribution >= 0.6 is 0 Å². The van der Waals surface area contributed by atoms with Crippen LogP contribution in [0.1, 0.15) is 24.5 Å². The second-order valence-electron chi connectivity index (χ2n) is 4.35. The molecule has 0 fully saturated rings. The van der Waals surface area contributed by atoms with Gasteiger partial charge in [-0.1, -0.05) is 13.0 Å². The van der Waals surface area contributed by atoms with Gasteiger partial charge in [0.15, 0.2) is 0 Å². The van der Waals surface area contributed by atoms with Crippen molar-refractivity contribution in [2.75, 3.05) is 12.3 Å². The Labute approximate surface area is 102 Å². The summed E-state index contributed by atoms with van der Waals surface area (Å²) >= 11 is 0. The lowest BCUT2D eigenvalue weighted by atomic mass is 10.0. The summed E-state index contributed by atoms with van der Waals surface area (Å²) in [6, 6.07) is 5.17. The molecule has 0 aliphatic carbocycles. The summed E-state index contributed by atoms with van der Waals surface area (Å²) in [6.45, 7) is 2.79. The van der Waals surface area contributed by atoms with Crippen molar-refractivity contribution in [2.45, 2.75) is 26.3 Å². The van der Waals surface area contributed by atoms with E-state index in [4.69, 9.17) is 0 Å². The van der Waals surface area contributed by atoms with Crippen LogP contribution in [-0.2, 0) is 23.0 Å². The van der Waals surface area contributed by atoms with Gasteiger partial charge in [0.05, 0.1) is 5.75 Å². The molecule has 0 spiro atoms. The first-order chi connectivity index (χ1) is 8.03. The van der Waals surface area contributed by atoms with Crippen LogP contribution in [0.5, 0.6) is 5.75 Å². The minimum Gasteiger partial charge on any atom is -0.508 e. The smallest absolute Gasteiger partial charge is 0.214 e. The molecule has 0 radical (unpaired) electrons. The quantitative estimate of drug-likeness (QED) is 0.890. The molecule has 0 saturated carbocycles. The number of hydrogen-bond donors (Lipinski definition) is 1. The van der Waals surface area contributed by atoms with E-state index in [1.54, 1.807) is 12.1 Å². The molecular formula is C12H17NO3S. The minimum atomic E-state index is -3.14. The van der Waals surface area contributed by atoms with Crippen LogP contribution in [0.2, 0.25) is 0 Å². The molecular weight excluding hydrogens is 238 g/mol. The van der Waals surface area contributed by atoms with Gasteiger partial charge in [-0.2, -0.15) is 4.31 Å². The molecule has 1 heterocycles. The fourth-order valence-corrected chi connectivity index (χ4v) is 3.62. The van der Waals surface area contributed by atoms with Gasteiger partial charge < -0.3 is 5.11 Å². The van der Waals surface area contributed by atoms with E-state index >= 15 is 0 Å². The number of phenolic OH excluding ortho intramolecular Hbond substituents is 1. The van der Waals surface area contributed by atoms with E-state index in [1.165, 1.54) is 4.31 Å². The standard InChI is InChI=1S/C12H17NO3S/c1-2-7-17(15,16)13-6-5-10-3-4-12(14)8-11(10)9-13/h3-4,8,14H,2,5-7,9H2,1H3. The van der Waals surface area contributed by atoms with E-state index in [1.807, 2.05) is 13.0 Å². The molecule has 4 nitrogen and oxygen atoms in total. The maximum absolute atomic E-state index is 11.9. The summed E-state index contributed by atoms with van der Waals surface area (Å²) in [5.74, 6) is 0.389. The van der Waals surface area contributed by atoms with Gasteiger partial charge in [-0.25, -0.2) is 8.42 Å². The molecule has 0 aromatic heterocycles. The van der Waals surface area contributed by atoms with Crippen LogP contribution in [0.25, 0.3) is 0 Å². The van der Waals surface area contributed by atoms with Gasteiger partial charge >= 0.3 is 0 Å². The summed E-state index contributed by atoms with van der Waals surface area (Å²) in [4.78, 5) is 0. The number of fused-ring (bicyclic) bond motifs is 1. The van der Waals surface area contributed by atoms with E-state index in [0.29, 0.717) is 19.5 Å². The van der Waals surface area contributed by atoms with Crippen molar-refractivity contribution in [3.8, 4) is 5.75 Å². The van der Waals surface area contributed by atoms with E-state index in [2.05, 4.69) is 0 Å². The average molecular weight is 255 g/mol. The zero-order chi connectivity index (χ0) is 12.5. The second-order valence-corrected chi connectivity index (χ2v) is 6.44. The summed E-state index contributed by atoms with van der Waals surface area (Å²) in [6.07, 6.45) is 1.35. The molecule has 17 heavy (non-hydrogen) atoms. The lowest BCUT2D eigenvalue weighted by Gasteiger charge is -2.28. The van der Waals surface area contributed by atoms with Gasteiger partial charge in [0.25, 0.3) is 0 Å². The maximum Gasteiger partial charge on any atom is 0.214 e. The van der Waals surface area contributed by atoms with Crippen molar-refractivity contribution in [2.24, 2.45) is 0 Å². The highest BCUT2D eigenvalue weighted by atomic mass is 32.2. The van der Waals surface area contributed by atoms with Crippen molar-refractivity contribution in [1.82, 2.24) is 4.31 Å². The second kappa shape index (κ2) is 4.66. The Morgan fingerprint density at radius 3 is 2.82 bits per heavy atom. The molecule has 0 unspecified atom stereocenters. The predicted molar refractivity (Wildman–Crippen MR) is 66.3 cm³/mol. The van der Waals surface area contributed by atoms with Crippen molar-refractivity contribution in [3.63, 3.8) is 0 Å². The number of aromatic hydroxyl groups is 1. The molecule has 1 aliphatic rings. The monoisotopic (exact) mass is 255 g/mol. The van der Waals surface area contributed by atoms with Crippen molar-refractivity contribution in [3.05, 3.63) is 29.3 Å². The van der Waals surface area contributed by atoms with Crippen molar-refractivity contribution in [1.29, 1.82) is 0 Å². The highest BCUT2D eigenvalue weighted by Crippen LogP contribution is 2.24. The van der Waals surface area contributed by atoms with Gasteiger partial charge in [0, 0.05) is 13.1 Å². The number of nitrogens with zero attached hydrogens (tertiary/aromatic N) is 1. The van der Waals surface area contributed by atoms with Gasteiger partial charge in [-0.15, -0.1) is 0 Å². The maximum atomic E-state index is 11.9. The molecule has 0 amide bonds. The molecule has 2 rings (SSSR count). The Bertz CT molecular complexity index is 510. The number of benzene rings is 1. The molecule has 94 valence electrons. The molecule has 0 bridgehead atoms. The van der Waals surface area contributed by atoms with Gasteiger partial charge in [0.2, 0.25) is 10.0 Å². The summed E-state index contributed by atoms with van der Waals surface area (Å²) in [5, 5.41) is 9.41. The molecule has 5 heteroatoms. The SMILES string of the molecule is CCCS(=O)(=O)N1CCc2ccc(O)cc2C1. The fraction of sp³-hybridized carbons (Fsp3) is 0.500. The fourth-order valence-electron chi connectivity index (χ4n) is 2.14. The lowest BCUT2D eigenvalue weighted by molar-refractivity contribution is 0.388. The normalized spacial score (nSPS) is 16.8.